The molecule has 1 fully saturated rings. The summed E-state index contributed by atoms with van der Waals surface area (Å²) < 4.78 is 16.8. The number of nitrogens with two attached hydrogens (primary N) is 1. The average molecular weight is 305 g/mol. The lowest BCUT2D eigenvalue weighted by atomic mass is 10.1. The minimum absolute atomic E-state index is 0.219. The largest absolute Gasteiger partial charge is 0.496 e. The topological polar surface area (TPSA) is 70.8 Å². The second-order valence-corrected chi connectivity index (χ2v) is 5.41. The van der Waals surface area contributed by atoms with Crippen molar-refractivity contribution in [2.45, 2.75) is 38.7 Å². The quantitative estimate of drug-likeness (QED) is 0.648. The van der Waals surface area contributed by atoms with Crippen LogP contribution in [0.2, 0.25) is 0 Å². The van der Waals surface area contributed by atoms with E-state index in [1.807, 2.05) is 18.2 Å². The van der Waals surface area contributed by atoms with Crippen molar-refractivity contribution in [3.63, 3.8) is 0 Å². The molecule has 1 aliphatic carbocycles. The highest BCUT2D eigenvalue weighted by Gasteiger charge is 2.20. The molecule has 5 heteroatoms. The number of carbonyl (C=O) groups excluding carboxylic acids is 1. The van der Waals surface area contributed by atoms with E-state index in [-0.39, 0.29) is 6.10 Å². The Balaban J connectivity index is 2.37. The fraction of sp³-hybridized carbons (Fsp3) is 0.471. The summed E-state index contributed by atoms with van der Waals surface area (Å²) in [5, 5.41) is 0. The van der Waals surface area contributed by atoms with Crippen LogP contribution < -0.4 is 15.2 Å². The third-order valence-corrected chi connectivity index (χ3v) is 3.94. The number of ether oxygens (including phenoxy) is 3. The lowest BCUT2D eigenvalue weighted by molar-refractivity contribution is -0.114. The molecular formula is C17H23NO4. The molecule has 22 heavy (non-hydrogen) atoms. The van der Waals surface area contributed by atoms with Crippen molar-refractivity contribution < 1.29 is 19.0 Å². The van der Waals surface area contributed by atoms with Gasteiger partial charge in [0, 0.05) is 5.56 Å². The Morgan fingerprint density at radius 2 is 1.86 bits per heavy atom. The normalized spacial score (nSPS) is 16.1. The summed E-state index contributed by atoms with van der Waals surface area (Å²) in [7, 11) is 3.13. The molecule has 0 atom stereocenters. The van der Waals surface area contributed by atoms with Gasteiger partial charge in [-0.05, 0) is 50.8 Å². The Labute approximate surface area is 131 Å². The number of methoxy groups -OCH3 is 2. The number of primary amides is 1. The first-order chi connectivity index (χ1) is 10.6. The van der Waals surface area contributed by atoms with Gasteiger partial charge >= 0.3 is 0 Å². The minimum Gasteiger partial charge on any atom is -0.496 e. The molecule has 2 rings (SSSR count). The van der Waals surface area contributed by atoms with Gasteiger partial charge in [0.2, 0.25) is 5.91 Å². The van der Waals surface area contributed by atoms with Crippen molar-refractivity contribution in [2.75, 3.05) is 14.2 Å². The van der Waals surface area contributed by atoms with Gasteiger partial charge in [-0.25, -0.2) is 0 Å². The van der Waals surface area contributed by atoms with E-state index in [0.29, 0.717) is 22.8 Å². The molecule has 0 heterocycles. The second kappa shape index (κ2) is 7.20. The zero-order chi connectivity index (χ0) is 16.1. The van der Waals surface area contributed by atoms with Gasteiger partial charge in [-0.3, -0.25) is 4.79 Å². The molecule has 1 saturated carbocycles. The predicted octanol–water partition coefficient (Wildman–Crippen LogP) is 2.88. The summed E-state index contributed by atoms with van der Waals surface area (Å²) in [5.74, 6) is 1.28. The first-order valence-corrected chi connectivity index (χ1v) is 7.46. The molecular weight excluding hydrogens is 282 g/mol. The first kappa shape index (κ1) is 16.2. The van der Waals surface area contributed by atoms with Crippen LogP contribution in [-0.2, 0) is 9.53 Å². The fourth-order valence-electron chi connectivity index (χ4n) is 2.70. The molecule has 120 valence electrons. The number of carbonyl (C=O) groups is 1. The number of benzene rings is 1. The standard InChI is InChI=1S/C17H23NO4/c1-11(17(18)19)16(21-3)12-8-9-14(20-2)15(10-12)22-13-6-4-5-7-13/h8-10,13H,4-7H2,1-3H3,(H2,18,19). The van der Waals surface area contributed by atoms with Gasteiger partial charge < -0.3 is 19.9 Å². The molecule has 1 aromatic carbocycles. The van der Waals surface area contributed by atoms with Gasteiger partial charge in [0.25, 0.3) is 0 Å². The molecule has 1 aliphatic rings. The van der Waals surface area contributed by atoms with Gasteiger partial charge in [-0.1, -0.05) is 0 Å². The monoisotopic (exact) mass is 305 g/mol. The smallest absolute Gasteiger partial charge is 0.248 e. The van der Waals surface area contributed by atoms with Crippen LogP contribution in [0.1, 0.15) is 38.2 Å². The Morgan fingerprint density at radius 1 is 1.18 bits per heavy atom. The highest BCUT2D eigenvalue weighted by atomic mass is 16.5. The zero-order valence-corrected chi connectivity index (χ0v) is 13.3. The summed E-state index contributed by atoms with van der Waals surface area (Å²) in [6, 6.07) is 5.47. The maximum absolute atomic E-state index is 11.4. The summed E-state index contributed by atoms with van der Waals surface area (Å²) in [6.07, 6.45) is 4.71. The van der Waals surface area contributed by atoms with Crippen LogP contribution in [0.15, 0.2) is 23.8 Å². The third-order valence-electron chi connectivity index (χ3n) is 3.94. The maximum atomic E-state index is 11.4. The third kappa shape index (κ3) is 3.53. The van der Waals surface area contributed by atoms with Crippen molar-refractivity contribution in [1.82, 2.24) is 0 Å². The Kier molecular flexibility index (Phi) is 5.31. The van der Waals surface area contributed by atoms with E-state index in [2.05, 4.69) is 0 Å². The van der Waals surface area contributed by atoms with E-state index in [4.69, 9.17) is 19.9 Å². The van der Waals surface area contributed by atoms with Crippen LogP contribution in [-0.4, -0.2) is 26.2 Å². The van der Waals surface area contributed by atoms with Gasteiger partial charge in [0.1, 0.15) is 5.76 Å². The number of hydrogen-bond donors (Lipinski definition) is 1. The SMILES string of the molecule is COC(=C(C)C(N)=O)c1ccc(OC)c(OC2CCCC2)c1. The lowest BCUT2D eigenvalue weighted by Gasteiger charge is -2.18. The lowest BCUT2D eigenvalue weighted by Crippen LogP contribution is -2.14. The molecule has 0 radical (unpaired) electrons. The van der Waals surface area contributed by atoms with Crippen molar-refractivity contribution >= 4 is 11.7 Å². The highest BCUT2D eigenvalue weighted by Crippen LogP contribution is 2.34. The van der Waals surface area contributed by atoms with Gasteiger partial charge in [0.15, 0.2) is 11.5 Å². The van der Waals surface area contributed by atoms with Crippen molar-refractivity contribution in [1.29, 1.82) is 0 Å². The summed E-state index contributed by atoms with van der Waals surface area (Å²) in [4.78, 5) is 11.4. The number of amides is 1. The Hall–Kier alpha value is -2.17. The van der Waals surface area contributed by atoms with Crippen molar-refractivity contribution in [2.24, 2.45) is 5.73 Å². The molecule has 0 aromatic heterocycles. The van der Waals surface area contributed by atoms with Gasteiger partial charge in [0.05, 0.1) is 25.9 Å². The predicted molar refractivity (Wildman–Crippen MR) is 84.7 cm³/mol. The fourth-order valence-corrected chi connectivity index (χ4v) is 2.70. The second-order valence-electron chi connectivity index (χ2n) is 5.41. The van der Waals surface area contributed by atoms with E-state index < -0.39 is 5.91 Å². The van der Waals surface area contributed by atoms with E-state index in [0.717, 1.165) is 18.4 Å². The number of rotatable bonds is 6. The molecule has 0 unspecified atom stereocenters. The molecule has 0 spiro atoms. The van der Waals surface area contributed by atoms with Crippen LogP contribution in [0.3, 0.4) is 0 Å². The molecule has 0 saturated heterocycles. The molecule has 1 amide bonds. The van der Waals surface area contributed by atoms with Crippen LogP contribution in [0.4, 0.5) is 0 Å². The average Bonchev–Trinajstić information content (AvgIpc) is 3.01. The van der Waals surface area contributed by atoms with Crippen LogP contribution >= 0.6 is 0 Å². The number of hydrogen-bond acceptors (Lipinski definition) is 4. The zero-order valence-electron chi connectivity index (χ0n) is 13.3. The molecule has 0 bridgehead atoms. The van der Waals surface area contributed by atoms with Gasteiger partial charge in [-0.2, -0.15) is 0 Å². The molecule has 1 aromatic rings. The summed E-state index contributed by atoms with van der Waals surface area (Å²) in [6.45, 7) is 1.64. The van der Waals surface area contributed by atoms with E-state index in [1.54, 1.807) is 14.0 Å². The van der Waals surface area contributed by atoms with E-state index in [9.17, 15) is 4.79 Å². The maximum Gasteiger partial charge on any atom is 0.248 e. The Bertz CT molecular complexity index is 574. The van der Waals surface area contributed by atoms with Crippen LogP contribution in [0.5, 0.6) is 11.5 Å². The molecule has 5 nitrogen and oxygen atoms in total. The Morgan fingerprint density at radius 3 is 2.41 bits per heavy atom. The van der Waals surface area contributed by atoms with E-state index >= 15 is 0 Å². The van der Waals surface area contributed by atoms with Crippen LogP contribution in [0, 0.1) is 0 Å². The van der Waals surface area contributed by atoms with E-state index in [1.165, 1.54) is 20.0 Å². The minimum atomic E-state index is -0.508. The first-order valence-electron chi connectivity index (χ1n) is 7.46. The van der Waals surface area contributed by atoms with Gasteiger partial charge in [-0.15, -0.1) is 0 Å². The van der Waals surface area contributed by atoms with Crippen molar-refractivity contribution in [3.05, 3.63) is 29.3 Å². The van der Waals surface area contributed by atoms with Crippen LogP contribution in [0.25, 0.3) is 5.76 Å². The summed E-state index contributed by atoms with van der Waals surface area (Å²) >= 11 is 0. The molecule has 0 aliphatic heterocycles. The highest BCUT2D eigenvalue weighted by molar-refractivity contribution is 5.98. The van der Waals surface area contributed by atoms with Crippen molar-refractivity contribution in [3.8, 4) is 11.5 Å². The molecule has 2 N–H and O–H groups in total. The summed E-state index contributed by atoms with van der Waals surface area (Å²) in [5.41, 5.74) is 6.46.